The van der Waals surface area contributed by atoms with Crippen LogP contribution in [-0.4, -0.2) is 11.1 Å². The standard InChI is InChI=1S/C11H10N2O2S/c14-11(13-9-4-2-1-3-5-9)15-7-10-6-12-8-16-10/h1-6,8H,7H2,(H,13,14). The summed E-state index contributed by atoms with van der Waals surface area (Å²) in [5.74, 6) is 0. The van der Waals surface area contributed by atoms with E-state index in [1.807, 2.05) is 18.2 Å². The number of ether oxygens (including phenoxy) is 1. The second kappa shape index (κ2) is 5.27. The molecule has 16 heavy (non-hydrogen) atoms. The molecule has 0 saturated carbocycles. The third-order valence-corrected chi connectivity index (χ3v) is 2.60. The maximum absolute atomic E-state index is 11.4. The number of rotatable bonds is 3. The van der Waals surface area contributed by atoms with Crippen molar-refractivity contribution in [2.75, 3.05) is 5.32 Å². The molecule has 1 aromatic carbocycles. The van der Waals surface area contributed by atoms with Crippen molar-refractivity contribution in [1.82, 2.24) is 4.98 Å². The van der Waals surface area contributed by atoms with E-state index in [1.54, 1.807) is 23.8 Å². The van der Waals surface area contributed by atoms with Crippen LogP contribution in [0.2, 0.25) is 0 Å². The lowest BCUT2D eigenvalue weighted by Crippen LogP contribution is -2.12. The molecule has 1 amide bonds. The van der Waals surface area contributed by atoms with Crippen LogP contribution in [0.25, 0.3) is 0 Å². The zero-order valence-corrected chi connectivity index (χ0v) is 9.24. The van der Waals surface area contributed by atoms with E-state index < -0.39 is 6.09 Å². The van der Waals surface area contributed by atoms with Gasteiger partial charge in [0.05, 0.1) is 10.4 Å². The molecule has 0 aliphatic rings. The van der Waals surface area contributed by atoms with Crippen LogP contribution in [-0.2, 0) is 11.3 Å². The molecule has 0 aliphatic heterocycles. The molecule has 1 heterocycles. The van der Waals surface area contributed by atoms with E-state index in [0.717, 1.165) is 10.6 Å². The Morgan fingerprint density at radius 3 is 2.88 bits per heavy atom. The normalized spacial score (nSPS) is 9.75. The fraction of sp³-hybridized carbons (Fsp3) is 0.0909. The summed E-state index contributed by atoms with van der Waals surface area (Å²) in [4.78, 5) is 16.2. The summed E-state index contributed by atoms with van der Waals surface area (Å²) in [5.41, 5.74) is 2.42. The molecule has 4 nitrogen and oxygen atoms in total. The maximum atomic E-state index is 11.4. The number of nitrogens with one attached hydrogen (secondary N) is 1. The SMILES string of the molecule is O=C(Nc1ccccc1)OCc1cncs1. The summed E-state index contributed by atoms with van der Waals surface area (Å²) in [7, 11) is 0. The quantitative estimate of drug-likeness (QED) is 0.888. The van der Waals surface area contributed by atoms with E-state index in [-0.39, 0.29) is 6.61 Å². The molecule has 2 aromatic rings. The Bertz CT molecular complexity index is 442. The van der Waals surface area contributed by atoms with Crippen molar-refractivity contribution in [1.29, 1.82) is 0 Å². The summed E-state index contributed by atoms with van der Waals surface area (Å²) in [5, 5.41) is 2.63. The number of hydrogen-bond donors (Lipinski definition) is 1. The van der Waals surface area contributed by atoms with Crippen molar-refractivity contribution < 1.29 is 9.53 Å². The first-order chi connectivity index (χ1) is 7.84. The van der Waals surface area contributed by atoms with Crippen LogP contribution in [0.5, 0.6) is 0 Å². The van der Waals surface area contributed by atoms with Gasteiger partial charge in [-0.3, -0.25) is 10.3 Å². The van der Waals surface area contributed by atoms with Crippen LogP contribution in [0.4, 0.5) is 10.5 Å². The van der Waals surface area contributed by atoms with Crippen molar-refractivity contribution in [3.05, 3.63) is 46.9 Å². The van der Waals surface area contributed by atoms with Gasteiger partial charge in [0.1, 0.15) is 6.61 Å². The van der Waals surface area contributed by atoms with Gasteiger partial charge in [-0.15, -0.1) is 11.3 Å². The molecule has 0 unspecified atom stereocenters. The van der Waals surface area contributed by atoms with Crippen LogP contribution >= 0.6 is 11.3 Å². The number of hydrogen-bond acceptors (Lipinski definition) is 4. The molecule has 0 aliphatic carbocycles. The maximum Gasteiger partial charge on any atom is 0.411 e. The number of anilines is 1. The van der Waals surface area contributed by atoms with Gasteiger partial charge >= 0.3 is 6.09 Å². The number of para-hydroxylation sites is 1. The fourth-order valence-corrected chi connectivity index (χ4v) is 1.63. The minimum atomic E-state index is -0.459. The molecule has 2 rings (SSSR count). The van der Waals surface area contributed by atoms with Gasteiger partial charge in [0, 0.05) is 11.9 Å². The Kier molecular flexibility index (Phi) is 3.50. The van der Waals surface area contributed by atoms with E-state index in [1.165, 1.54) is 11.3 Å². The Morgan fingerprint density at radius 2 is 2.19 bits per heavy atom. The van der Waals surface area contributed by atoms with E-state index >= 15 is 0 Å². The predicted molar refractivity (Wildman–Crippen MR) is 62.4 cm³/mol. The van der Waals surface area contributed by atoms with Crippen LogP contribution in [0, 0.1) is 0 Å². The molecule has 1 N–H and O–H groups in total. The van der Waals surface area contributed by atoms with E-state index in [2.05, 4.69) is 10.3 Å². The molecule has 1 aromatic heterocycles. The van der Waals surface area contributed by atoms with Crippen molar-refractivity contribution in [2.24, 2.45) is 0 Å². The number of benzene rings is 1. The second-order valence-electron chi connectivity index (χ2n) is 3.03. The number of carbonyl (C=O) groups is 1. The summed E-state index contributed by atoms with van der Waals surface area (Å²) in [6, 6.07) is 9.17. The van der Waals surface area contributed by atoms with Gasteiger partial charge in [-0.2, -0.15) is 0 Å². The summed E-state index contributed by atoms with van der Waals surface area (Å²) >= 11 is 1.46. The smallest absolute Gasteiger partial charge is 0.411 e. The lowest BCUT2D eigenvalue weighted by Gasteiger charge is -2.05. The Balaban J connectivity index is 1.81. The van der Waals surface area contributed by atoms with Crippen molar-refractivity contribution in [2.45, 2.75) is 6.61 Å². The highest BCUT2D eigenvalue weighted by Crippen LogP contribution is 2.09. The molecular weight excluding hydrogens is 224 g/mol. The minimum Gasteiger partial charge on any atom is -0.444 e. The average Bonchev–Trinajstić information content (AvgIpc) is 2.81. The Labute approximate surface area is 96.9 Å². The Morgan fingerprint density at radius 1 is 1.38 bits per heavy atom. The lowest BCUT2D eigenvalue weighted by molar-refractivity contribution is 0.156. The molecule has 0 spiro atoms. The molecule has 5 heteroatoms. The molecule has 0 atom stereocenters. The Hall–Kier alpha value is -1.88. The van der Waals surface area contributed by atoms with Gasteiger partial charge in [-0.25, -0.2) is 4.79 Å². The zero-order valence-electron chi connectivity index (χ0n) is 8.42. The van der Waals surface area contributed by atoms with Crippen LogP contribution in [0.1, 0.15) is 4.88 Å². The van der Waals surface area contributed by atoms with Gasteiger partial charge in [-0.1, -0.05) is 18.2 Å². The van der Waals surface area contributed by atoms with Crippen molar-refractivity contribution in [3.8, 4) is 0 Å². The third-order valence-electron chi connectivity index (χ3n) is 1.85. The zero-order chi connectivity index (χ0) is 11.2. The van der Waals surface area contributed by atoms with E-state index in [0.29, 0.717) is 0 Å². The monoisotopic (exact) mass is 234 g/mol. The summed E-state index contributed by atoms with van der Waals surface area (Å²) in [6.45, 7) is 0.253. The third kappa shape index (κ3) is 3.06. The van der Waals surface area contributed by atoms with Crippen LogP contribution < -0.4 is 5.32 Å². The highest BCUT2D eigenvalue weighted by Gasteiger charge is 2.03. The van der Waals surface area contributed by atoms with Gasteiger partial charge in [0.15, 0.2) is 0 Å². The van der Waals surface area contributed by atoms with Crippen molar-refractivity contribution >= 4 is 23.1 Å². The fourth-order valence-electron chi connectivity index (χ4n) is 1.13. The number of thiazole rings is 1. The van der Waals surface area contributed by atoms with Gasteiger partial charge in [0.25, 0.3) is 0 Å². The minimum absolute atomic E-state index is 0.253. The highest BCUT2D eigenvalue weighted by molar-refractivity contribution is 7.09. The van der Waals surface area contributed by atoms with Crippen LogP contribution in [0.3, 0.4) is 0 Å². The molecule has 0 fully saturated rings. The first-order valence-electron chi connectivity index (χ1n) is 4.71. The van der Waals surface area contributed by atoms with E-state index in [9.17, 15) is 4.79 Å². The highest BCUT2D eigenvalue weighted by atomic mass is 32.1. The first kappa shape index (κ1) is 10.6. The number of carbonyl (C=O) groups excluding carboxylic acids is 1. The van der Waals surface area contributed by atoms with Gasteiger partial charge < -0.3 is 4.74 Å². The summed E-state index contributed by atoms with van der Waals surface area (Å²) < 4.78 is 5.01. The lowest BCUT2D eigenvalue weighted by atomic mass is 10.3. The molecule has 0 saturated heterocycles. The number of aromatic nitrogens is 1. The average molecular weight is 234 g/mol. The number of amides is 1. The van der Waals surface area contributed by atoms with E-state index in [4.69, 9.17) is 4.74 Å². The number of nitrogens with zero attached hydrogens (tertiary/aromatic N) is 1. The predicted octanol–water partition coefficient (Wildman–Crippen LogP) is 2.89. The van der Waals surface area contributed by atoms with Crippen molar-refractivity contribution in [3.63, 3.8) is 0 Å². The molecule has 0 radical (unpaired) electrons. The summed E-state index contributed by atoms with van der Waals surface area (Å²) in [6.07, 6.45) is 1.22. The largest absolute Gasteiger partial charge is 0.444 e. The van der Waals surface area contributed by atoms with Gasteiger partial charge in [0.2, 0.25) is 0 Å². The second-order valence-corrected chi connectivity index (χ2v) is 4.01. The topological polar surface area (TPSA) is 51.2 Å². The molecule has 82 valence electrons. The first-order valence-corrected chi connectivity index (χ1v) is 5.59. The molecule has 0 bridgehead atoms. The van der Waals surface area contributed by atoms with Crippen LogP contribution in [0.15, 0.2) is 42.0 Å². The van der Waals surface area contributed by atoms with Gasteiger partial charge in [-0.05, 0) is 12.1 Å². The molecular formula is C11H10N2O2S.